The molecule has 0 saturated carbocycles. The molecule has 0 radical (unpaired) electrons. The van der Waals surface area contributed by atoms with Crippen molar-refractivity contribution in [1.82, 2.24) is 0 Å². The SMILES string of the molecule is C.CCC1C=CCC2CC=CCC12. The van der Waals surface area contributed by atoms with E-state index in [1.807, 2.05) is 0 Å². The molecular weight excluding hydrogens is 156 g/mol. The lowest BCUT2D eigenvalue weighted by Crippen LogP contribution is -2.26. The molecule has 3 atom stereocenters. The first kappa shape index (κ1) is 10.6. The smallest absolute Gasteiger partial charge is 0.0202 e. The zero-order chi connectivity index (χ0) is 8.39. The molecule has 13 heavy (non-hydrogen) atoms. The van der Waals surface area contributed by atoms with E-state index in [1.165, 1.54) is 25.7 Å². The molecule has 74 valence electrons. The number of hydrogen-bond donors (Lipinski definition) is 0. The van der Waals surface area contributed by atoms with Gasteiger partial charge in [0.25, 0.3) is 0 Å². The highest BCUT2D eigenvalue weighted by Gasteiger charge is 2.29. The Bertz CT molecular complexity index is 200. The summed E-state index contributed by atoms with van der Waals surface area (Å²) in [6, 6.07) is 0. The molecule has 0 spiro atoms. The van der Waals surface area contributed by atoms with Crippen LogP contribution in [0.15, 0.2) is 24.3 Å². The van der Waals surface area contributed by atoms with Gasteiger partial charge in [-0.2, -0.15) is 0 Å². The number of allylic oxidation sites excluding steroid dienone is 4. The highest BCUT2D eigenvalue weighted by atomic mass is 14.3. The lowest BCUT2D eigenvalue weighted by Gasteiger charge is -2.35. The Kier molecular flexibility index (Phi) is 3.77. The molecule has 0 heterocycles. The molecule has 0 aromatic carbocycles. The zero-order valence-electron chi connectivity index (χ0n) is 7.87. The van der Waals surface area contributed by atoms with E-state index in [1.54, 1.807) is 0 Å². The van der Waals surface area contributed by atoms with Crippen LogP contribution in [0, 0.1) is 17.8 Å². The van der Waals surface area contributed by atoms with Crippen LogP contribution in [0.2, 0.25) is 0 Å². The van der Waals surface area contributed by atoms with E-state index in [4.69, 9.17) is 0 Å². The summed E-state index contributed by atoms with van der Waals surface area (Å²) in [5.41, 5.74) is 0. The van der Waals surface area contributed by atoms with Crippen molar-refractivity contribution in [3.63, 3.8) is 0 Å². The molecular formula is C13H22. The molecule has 0 aliphatic heterocycles. The molecule has 2 aliphatic rings. The number of hydrogen-bond acceptors (Lipinski definition) is 0. The normalized spacial score (nSPS) is 36.5. The summed E-state index contributed by atoms with van der Waals surface area (Å²) in [6.45, 7) is 2.32. The van der Waals surface area contributed by atoms with Gasteiger partial charge >= 0.3 is 0 Å². The fourth-order valence-electron chi connectivity index (χ4n) is 2.70. The monoisotopic (exact) mass is 178 g/mol. The van der Waals surface area contributed by atoms with Gasteiger partial charge in [0, 0.05) is 0 Å². The minimum Gasteiger partial charge on any atom is -0.0882 e. The summed E-state index contributed by atoms with van der Waals surface area (Å²) in [7, 11) is 0. The maximum absolute atomic E-state index is 2.44. The summed E-state index contributed by atoms with van der Waals surface area (Å²) >= 11 is 0. The van der Waals surface area contributed by atoms with Crippen LogP contribution in [0.4, 0.5) is 0 Å². The quantitative estimate of drug-likeness (QED) is 0.528. The predicted octanol–water partition coefficient (Wildman–Crippen LogP) is 4.19. The molecule has 2 rings (SSSR count). The molecule has 0 heteroatoms. The highest BCUT2D eigenvalue weighted by molar-refractivity contribution is 5.06. The zero-order valence-corrected chi connectivity index (χ0v) is 7.87. The minimum absolute atomic E-state index is 0. The Morgan fingerprint density at radius 2 is 1.77 bits per heavy atom. The molecule has 0 N–H and O–H groups in total. The maximum Gasteiger partial charge on any atom is -0.0202 e. The van der Waals surface area contributed by atoms with Crippen molar-refractivity contribution in [2.24, 2.45) is 17.8 Å². The van der Waals surface area contributed by atoms with Crippen molar-refractivity contribution in [1.29, 1.82) is 0 Å². The Morgan fingerprint density at radius 3 is 2.54 bits per heavy atom. The molecule has 2 aliphatic carbocycles. The van der Waals surface area contributed by atoms with E-state index in [-0.39, 0.29) is 7.43 Å². The Labute approximate surface area is 82.7 Å². The largest absolute Gasteiger partial charge is 0.0882 e. The number of fused-ring (bicyclic) bond motifs is 1. The second-order valence-corrected chi connectivity index (χ2v) is 4.10. The third-order valence-corrected chi connectivity index (χ3v) is 3.46. The summed E-state index contributed by atoms with van der Waals surface area (Å²) in [5, 5.41) is 0. The summed E-state index contributed by atoms with van der Waals surface area (Å²) in [4.78, 5) is 0. The van der Waals surface area contributed by atoms with Gasteiger partial charge in [-0.25, -0.2) is 0 Å². The third-order valence-electron chi connectivity index (χ3n) is 3.46. The average Bonchev–Trinajstić information content (AvgIpc) is 2.17. The van der Waals surface area contributed by atoms with Crippen molar-refractivity contribution >= 4 is 0 Å². The van der Waals surface area contributed by atoms with Gasteiger partial charge in [-0.05, 0) is 43.4 Å². The van der Waals surface area contributed by atoms with Gasteiger partial charge in [-0.15, -0.1) is 0 Å². The van der Waals surface area contributed by atoms with Crippen LogP contribution >= 0.6 is 0 Å². The van der Waals surface area contributed by atoms with E-state index < -0.39 is 0 Å². The first-order chi connectivity index (χ1) is 5.92. The highest BCUT2D eigenvalue weighted by Crippen LogP contribution is 2.39. The van der Waals surface area contributed by atoms with E-state index in [0.717, 1.165) is 17.8 Å². The van der Waals surface area contributed by atoms with Crippen molar-refractivity contribution in [2.45, 2.75) is 40.0 Å². The fraction of sp³-hybridized carbons (Fsp3) is 0.692. The van der Waals surface area contributed by atoms with Crippen LogP contribution in [0.25, 0.3) is 0 Å². The third kappa shape index (κ3) is 2.04. The number of rotatable bonds is 1. The molecule has 3 unspecified atom stereocenters. The van der Waals surface area contributed by atoms with Crippen molar-refractivity contribution < 1.29 is 0 Å². The van der Waals surface area contributed by atoms with Gasteiger partial charge in [0.15, 0.2) is 0 Å². The lowest BCUT2D eigenvalue weighted by molar-refractivity contribution is 0.236. The average molecular weight is 178 g/mol. The Hall–Kier alpha value is -0.520. The van der Waals surface area contributed by atoms with Crippen molar-refractivity contribution in [3.05, 3.63) is 24.3 Å². The van der Waals surface area contributed by atoms with Gasteiger partial charge in [-0.3, -0.25) is 0 Å². The van der Waals surface area contributed by atoms with E-state index in [9.17, 15) is 0 Å². The molecule has 0 aromatic rings. The van der Waals surface area contributed by atoms with Gasteiger partial charge in [0.05, 0.1) is 0 Å². The molecule has 0 amide bonds. The van der Waals surface area contributed by atoms with Crippen LogP contribution in [0.5, 0.6) is 0 Å². The maximum atomic E-state index is 2.44. The van der Waals surface area contributed by atoms with Gasteiger partial charge < -0.3 is 0 Å². The fourth-order valence-corrected chi connectivity index (χ4v) is 2.70. The second-order valence-electron chi connectivity index (χ2n) is 4.10. The predicted molar refractivity (Wildman–Crippen MR) is 59.6 cm³/mol. The van der Waals surface area contributed by atoms with Crippen LogP contribution < -0.4 is 0 Å². The Balaban J connectivity index is 0.000000845. The topological polar surface area (TPSA) is 0 Å². The summed E-state index contributed by atoms with van der Waals surface area (Å²) in [6.07, 6.45) is 14.9. The molecule has 0 aromatic heterocycles. The van der Waals surface area contributed by atoms with Crippen LogP contribution in [0.3, 0.4) is 0 Å². The van der Waals surface area contributed by atoms with Gasteiger partial charge in [0.1, 0.15) is 0 Å². The van der Waals surface area contributed by atoms with Crippen LogP contribution in [0.1, 0.15) is 40.0 Å². The van der Waals surface area contributed by atoms with E-state index in [2.05, 4.69) is 31.2 Å². The Morgan fingerprint density at radius 1 is 1.08 bits per heavy atom. The lowest BCUT2D eigenvalue weighted by atomic mass is 9.70. The summed E-state index contributed by atoms with van der Waals surface area (Å²) < 4.78 is 0. The molecule has 0 nitrogen and oxygen atoms in total. The molecule has 0 bridgehead atoms. The van der Waals surface area contributed by atoms with Crippen LogP contribution in [-0.2, 0) is 0 Å². The van der Waals surface area contributed by atoms with Gasteiger partial charge in [0.2, 0.25) is 0 Å². The van der Waals surface area contributed by atoms with E-state index >= 15 is 0 Å². The molecule has 0 fully saturated rings. The molecule has 0 saturated heterocycles. The first-order valence-electron chi connectivity index (χ1n) is 5.23. The van der Waals surface area contributed by atoms with Crippen molar-refractivity contribution in [2.75, 3.05) is 0 Å². The summed E-state index contributed by atoms with van der Waals surface area (Å²) in [5.74, 6) is 2.80. The van der Waals surface area contributed by atoms with Crippen molar-refractivity contribution in [3.8, 4) is 0 Å². The first-order valence-corrected chi connectivity index (χ1v) is 5.23. The van der Waals surface area contributed by atoms with E-state index in [0.29, 0.717) is 0 Å². The standard InChI is InChI=1S/C12H18.CH4/c1-2-10-7-5-8-11-6-3-4-9-12(10)11;/h3-5,7,10-12H,2,6,8-9H2,1H3;1H4. The van der Waals surface area contributed by atoms with Crippen LogP contribution in [-0.4, -0.2) is 0 Å². The minimum atomic E-state index is 0. The second kappa shape index (κ2) is 4.64. The van der Waals surface area contributed by atoms with Gasteiger partial charge in [-0.1, -0.05) is 38.7 Å².